The second kappa shape index (κ2) is 5.41. The fraction of sp³-hybridized carbons (Fsp3) is 0.750. The van der Waals surface area contributed by atoms with E-state index in [1.165, 1.54) is 0 Å². The van der Waals surface area contributed by atoms with E-state index in [0.717, 1.165) is 31.6 Å². The lowest BCUT2D eigenvalue weighted by Crippen LogP contribution is -2.36. The quantitative estimate of drug-likeness (QED) is 0.388. The molecule has 0 bridgehead atoms. The van der Waals surface area contributed by atoms with E-state index >= 15 is 0 Å². The Kier molecular flexibility index (Phi) is 4.43. The average Bonchev–Trinajstić information content (AvgIpc) is 2.59. The van der Waals surface area contributed by atoms with E-state index in [-0.39, 0.29) is 6.04 Å². The van der Waals surface area contributed by atoms with Gasteiger partial charge in [0.1, 0.15) is 5.76 Å². The van der Waals surface area contributed by atoms with E-state index in [1.807, 2.05) is 0 Å². The third kappa shape index (κ3) is 2.66. The lowest BCUT2D eigenvalue weighted by Gasteiger charge is -2.16. The van der Waals surface area contributed by atoms with Crippen LogP contribution in [0, 0.1) is 0 Å². The fourth-order valence-electron chi connectivity index (χ4n) is 1.27. The van der Waals surface area contributed by atoms with Gasteiger partial charge in [-0.25, -0.2) is 5.43 Å². The zero-order chi connectivity index (χ0) is 8.81. The lowest BCUT2D eigenvalue weighted by atomic mass is 10.1. The van der Waals surface area contributed by atoms with Gasteiger partial charge in [0.25, 0.3) is 0 Å². The fourth-order valence-corrected chi connectivity index (χ4v) is 1.42. The van der Waals surface area contributed by atoms with Gasteiger partial charge in [-0.15, -0.1) is 11.6 Å². The Bertz CT molecular complexity index is 161. The van der Waals surface area contributed by atoms with Crippen LogP contribution in [0.2, 0.25) is 0 Å². The van der Waals surface area contributed by atoms with Crippen molar-refractivity contribution in [2.75, 3.05) is 12.5 Å². The van der Waals surface area contributed by atoms with Gasteiger partial charge < -0.3 is 4.74 Å². The number of hydrogen-bond donors (Lipinski definition) is 2. The van der Waals surface area contributed by atoms with Crippen LogP contribution in [0.3, 0.4) is 0 Å². The van der Waals surface area contributed by atoms with E-state index < -0.39 is 0 Å². The third-order valence-corrected chi connectivity index (χ3v) is 2.17. The van der Waals surface area contributed by atoms with Crippen molar-refractivity contribution in [2.45, 2.75) is 25.3 Å². The molecule has 1 rings (SSSR count). The van der Waals surface area contributed by atoms with Crippen molar-refractivity contribution in [2.24, 2.45) is 5.84 Å². The number of rotatable bonds is 5. The monoisotopic (exact) mass is 190 g/mol. The highest BCUT2D eigenvalue weighted by molar-refractivity contribution is 6.17. The van der Waals surface area contributed by atoms with Crippen molar-refractivity contribution >= 4 is 11.6 Å². The van der Waals surface area contributed by atoms with Gasteiger partial charge in [-0.2, -0.15) is 0 Å². The van der Waals surface area contributed by atoms with Gasteiger partial charge in [-0.05, 0) is 18.9 Å². The molecule has 1 aliphatic heterocycles. The third-order valence-electron chi connectivity index (χ3n) is 1.90. The standard InChI is InChI=1S/C8H15ClN2O/c9-5-1-3-7(11-10)8-4-2-6-12-8/h4,7,11H,1-3,5-6,10H2. The molecule has 1 atom stereocenters. The smallest absolute Gasteiger partial charge is 0.110 e. The summed E-state index contributed by atoms with van der Waals surface area (Å²) in [6.45, 7) is 0.786. The van der Waals surface area contributed by atoms with Crippen molar-refractivity contribution in [1.29, 1.82) is 0 Å². The molecule has 0 amide bonds. The highest BCUT2D eigenvalue weighted by atomic mass is 35.5. The number of halogens is 1. The molecular formula is C8H15ClN2O. The van der Waals surface area contributed by atoms with Crippen LogP contribution in [0.15, 0.2) is 11.8 Å². The molecular weight excluding hydrogens is 176 g/mol. The first-order valence-corrected chi connectivity index (χ1v) is 4.77. The molecule has 0 aromatic rings. The molecule has 0 saturated carbocycles. The van der Waals surface area contributed by atoms with Gasteiger partial charge in [-0.1, -0.05) is 0 Å². The largest absolute Gasteiger partial charge is 0.496 e. The molecule has 0 saturated heterocycles. The van der Waals surface area contributed by atoms with Crippen LogP contribution in [-0.2, 0) is 4.74 Å². The van der Waals surface area contributed by atoms with Crippen LogP contribution in [0.1, 0.15) is 19.3 Å². The number of alkyl halides is 1. The maximum atomic E-state index is 5.58. The molecule has 3 N–H and O–H groups in total. The predicted octanol–water partition coefficient (Wildman–Crippen LogP) is 1.14. The maximum absolute atomic E-state index is 5.58. The summed E-state index contributed by atoms with van der Waals surface area (Å²) < 4.78 is 5.38. The summed E-state index contributed by atoms with van der Waals surface area (Å²) in [6.07, 6.45) is 4.97. The van der Waals surface area contributed by atoms with E-state index in [2.05, 4.69) is 11.5 Å². The minimum atomic E-state index is 0.145. The van der Waals surface area contributed by atoms with E-state index in [1.54, 1.807) is 0 Å². The van der Waals surface area contributed by atoms with Crippen LogP contribution in [0.5, 0.6) is 0 Å². The number of nitrogens with two attached hydrogens (primary N) is 1. The average molecular weight is 191 g/mol. The van der Waals surface area contributed by atoms with E-state index in [9.17, 15) is 0 Å². The molecule has 0 radical (unpaired) electrons. The molecule has 4 heteroatoms. The van der Waals surface area contributed by atoms with Gasteiger partial charge in [0.15, 0.2) is 0 Å². The summed E-state index contributed by atoms with van der Waals surface area (Å²) in [5, 5.41) is 0. The first-order valence-electron chi connectivity index (χ1n) is 4.23. The second-order valence-electron chi connectivity index (χ2n) is 2.79. The zero-order valence-corrected chi connectivity index (χ0v) is 7.81. The second-order valence-corrected chi connectivity index (χ2v) is 3.17. The van der Waals surface area contributed by atoms with Gasteiger partial charge in [0.2, 0.25) is 0 Å². The Morgan fingerprint density at radius 1 is 1.75 bits per heavy atom. The highest BCUT2D eigenvalue weighted by Gasteiger charge is 2.16. The van der Waals surface area contributed by atoms with Gasteiger partial charge in [-0.3, -0.25) is 5.84 Å². The van der Waals surface area contributed by atoms with Crippen LogP contribution in [-0.4, -0.2) is 18.5 Å². The van der Waals surface area contributed by atoms with E-state index in [0.29, 0.717) is 5.88 Å². The number of hydrogen-bond acceptors (Lipinski definition) is 3. The summed E-state index contributed by atoms with van der Waals surface area (Å²) >= 11 is 5.58. The number of nitrogens with one attached hydrogen (secondary N) is 1. The molecule has 0 fully saturated rings. The first-order chi connectivity index (χ1) is 5.88. The summed E-state index contributed by atoms with van der Waals surface area (Å²) in [5.74, 6) is 7.03. The molecule has 1 aliphatic rings. The Balaban J connectivity index is 2.33. The topological polar surface area (TPSA) is 47.3 Å². The predicted molar refractivity (Wildman–Crippen MR) is 49.7 cm³/mol. The van der Waals surface area contributed by atoms with Crippen molar-refractivity contribution in [1.82, 2.24) is 5.43 Å². The molecule has 70 valence electrons. The van der Waals surface area contributed by atoms with Crippen LogP contribution >= 0.6 is 11.6 Å². The van der Waals surface area contributed by atoms with E-state index in [4.69, 9.17) is 22.2 Å². The Hall–Kier alpha value is -0.250. The Morgan fingerprint density at radius 2 is 2.58 bits per heavy atom. The van der Waals surface area contributed by atoms with Gasteiger partial charge in [0, 0.05) is 12.3 Å². The van der Waals surface area contributed by atoms with Crippen molar-refractivity contribution in [3.63, 3.8) is 0 Å². The molecule has 1 unspecified atom stereocenters. The van der Waals surface area contributed by atoms with Gasteiger partial charge in [0.05, 0.1) is 12.6 Å². The maximum Gasteiger partial charge on any atom is 0.110 e. The van der Waals surface area contributed by atoms with Crippen LogP contribution < -0.4 is 11.3 Å². The normalized spacial score (nSPS) is 18.7. The summed E-state index contributed by atoms with van der Waals surface area (Å²) in [7, 11) is 0. The first kappa shape index (κ1) is 9.84. The molecule has 0 aromatic heterocycles. The summed E-state index contributed by atoms with van der Waals surface area (Å²) in [5.41, 5.74) is 2.73. The Labute approximate surface area is 77.9 Å². The van der Waals surface area contributed by atoms with Crippen LogP contribution in [0.25, 0.3) is 0 Å². The highest BCUT2D eigenvalue weighted by Crippen LogP contribution is 2.16. The molecule has 0 aliphatic carbocycles. The zero-order valence-electron chi connectivity index (χ0n) is 7.05. The number of hydrazine groups is 1. The molecule has 0 spiro atoms. The van der Waals surface area contributed by atoms with Crippen molar-refractivity contribution in [3.8, 4) is 0 Å². The summed E-state index contributed by atoms with van der Waals surface area (Å²) in [6, 6.07) is 0.145. The van der Waals surface area contributed by atoms with Gasteiger partial charge >= 0.3 is 0 Å². The molecule has 3 nitrogen and oxygen atoms in total. The van der Waals surface area contributed by atoms with Crippen LogP contribution in [0.4, 0.5) is 0 Å². The molecule has 1 heterocycles. The van der Waals surface area contributed by atoms with Crippen molar-refractivity contribution < 1.29 is 4.74 Å². The minimum absolute atomic E-state index is 0.145. The SMILES string of the molecule is NNC(CCCCl)C1=CCCO1. The Morgan fingerprint density at radius 3 is 3.08 bits per heavy atom. The minimum Gasteiger partial charge on any atom is -0.496 e. The lowest BCUT2D eigenvalue weighted by molar-refractivity contribution is 0.211. The molecule has 12 heavy (non-hydrogen) atoms. The van der Waals surface area contributed by atoms with Crippen molar-refractivity contribution in [3.05, 3.63) is 11.8 Å². The molecule has 0 aromatic carbocycles. The summed E-state index contributed by atoms with van der Waals surface area (Å²) in [4.78, 5) is 0. The number of ether oxygens (including phenoxy) is 1.